The van der Waals surface area contributed by atoms with Crippen LogP contribution in [0.2, 0.25) is 0 Å². The lowest BCUT2D eigenvalue weighted by Gasteiger charge is -2.31. The lowest BCUT2D eigenvalue weighted by molar-refractivity contribution is -0.121. The summed E-state index contributed by atoms with van der Waals surface area (Å²) in [6, 6.07) is 9.51. The maximum atomic E-state index is 12.9. The molecule has 2 saturated heterocycles. The summed E-state index contributed by atoms with van der Waals surface area (Å²) in [6.07, 6.45) is 0.433. The fourth-order valence-corrected chi connectivity index (χ4v) is 4.98. The number of hydrogen-bond donors (Lipinski definition) is 0. The van der Waals surface area contributed by atoms with Crippen molar-refractivity contribution in [2.45, 2.75) is 6.42 Å². The molecule has 24 heavy (non-hydrogen) atoms. The maximum absolute atomic E-state index is 12.9. The van der Waals surface area contributed by atoms with Crippen molar-refractivity contribution in [2.24, 2.45) is 5.92 Å². The molecule has 7 heteroatoms. The highest BCUT2D eigenvalue weighted by molar-refractivity contribution is 7.91. The number of nitrogens with zero attached hydrogens (tertiary/aromatic N) is 2. The fraction of sp³-hybridized carbons (Fsp3) is 0.588. The van der Waals surface area contributed by atoms with Crippen LogP contribution in [0, 0.1) is 5.92 Å². The lowest BCUT2D eigenvalue weighted by Crippen LogP contribution is -2.45. The number of benzene rings is 1. The number of anilines is 1. The molecule has 1 aromatic rings. The van der Waals surface area contributed by atoms with Gasteiger partial charge in [-0.3, -0.25) is 9.69 Å². The average molecular weight is 352 g/mol. The summed E-state index contributed by atoms with van der Waals surface area (Å²) in [6.45, 7) is 4.52. The van der Waals surface area contributed by atoms with E-state index in [2.05, 4.69) is 4.90 Å². The van der Waals surface area contributed by atoms with Gasteiger partial charge in [0.1, 0.15) is 0 Å². The largest absolute Gasteiger partial charge is 0.379 e. The second kappa shape index (κ2) is 7.63. The summed E-state index contributed by atoms with van der Waals surface area (Å²) in [5, 5.41) is 0. The van der Waals surface area contributed by atoms with E-state index in [0.717, 1.165) is 38.5 Å². The molecule has 0 spiro atoms. The number of morpholine rings is 1. The zero-order valence-corrected chi connectivity index (χ0v) is 14.6. The highest BCUT2D eigenvalue weighted by Crippen LogP contribution is 2.24. The average Bonchev–Trinajstić information content (AvgIpc) is 2.97. The van der Waals surface area contributed by atoms with E-state index in [1.165, 1.54) is 0 Å². The maximum Gasteiger partial charge on any atom is 0.231 e. The Labute approximate surface area is 143 Å². The van der Waals surface area contributed by atoms with Crippen LogP contribution < -0.4 is 4.90 Å². The predicted molar refractivity (Wildman–Crippen MR) is 92.8 cm³/mol. The third-order valence-electron chi connectivity index (χ3n) is 4.66. The SMILES string of the molecule is O=C(C1CCS(=O)(=O)C1)N(CCN1CCOCC1)c1ccccc1. The lowest BCUT2D eigenvalue weighted by atomic mass is 10.1. The molecule has 132 valence electrons. The van der Waals surface area contributed by atoms with Crippen molar-refractivity contribution in [1.29, 1.82) is 0 Å². The number of amides is 1. The number of sulfone groups is 1. The Bertz CT molecular complexity index is 656. The summed E-state index contributed by atoms with van der Waals surface area (Å²) >= 11 is 0. The van der Waals surface area contributed by atoms with Crippen LogP contribution >= 0.6 is 0 Å². The number of hydrogen-bond acceptors (Lipinski definition) is 5. The topological polar surface area (TPSA) is 66.9 Å². The van der Waals surface area contributed by atoms with Gasteiger partial charge in [0.25, 0.3) is 0 Å². The van der Waals surface area contributed by atoms with Gasteiger partial charge in [0.05, 0.1) is 30.6 Å². The van der Waals surface area contributed by atoms with E-state index in [0.29, 0.717) is 13.0 Å². The van der Waals surface area contributed by atoms with Gasteiger partial charge in [-0.05, 0) is 18.6 Å². The molecule has 3 rings (SSSR count). The Morgan fingerprint density at radius 3 is 2.54 bits per heavy atom. The first-order valence-electron chi connectivity index (χ1n) is 8.42. The summed E-state index contributed by atoms with van der Waals surface area (Å²) in [4.78, 5) is 17.0. The van der Waals surface area contributed by atoms with Crippen molar-refractivity contribution in [1.82, 2.24) is 4.90 Å². The molecule has 0 saturated carbocycles. The fourth-order valence-electron chi connectivity index (χ4n) is 3.25. The van der Waals surface area contributed by atoms with Crippen molar-refractivity contribution >= 4 is 21.4 Å². The monoisotopic (exact) mass is 352 g/mol. The van der Waals surface area contributed by atoms with E-state index in [4.69, 9.17) is 4.74 Å². The zero-order valence-electron chi connectivity index (χ0n) is 13.8. The predicted octanol–water partition coefficient (Wildman–Crippen LogP) is 0.787. The Balaban J connectivity index is 1.71. The minimum atomic E-state index is -3.07. The first kappa shape index (κ1) is 17.4. The van der Waals surface area contributed by atoms with Gasteiger partial charge in [0.15, 0.2) is 9.84 Å². The molecular weight excluding hydrogens is 328 g/mol. The molecule has 0 aromatic heterocycles. The van der Waals surface area contributed by atoms with Crippen LogP contribution in [0.15, 0.2) is 30.3 Å². The molecule has 0 bridgehead atoms. The Hall–Kier alpha value is -1.44. The second-order valence-corrected chi connectivity index (χ2v) is 8.61. The van der Waals surface area contributed by atoms with Gasteiger partial charge >= 0.3 is 0 Å². The van der Waals surface area contributed by atoms with E-state index in [1.54, 1.807) is 4.90 Å². The van der Waals surface area contributed by atoms with E-state index < -0.39 is 15.8 Å². The van der Waals surface area contributed by atoms with Crippen LogP contribution in [0.25, 0.3) is 0 Å². The molecule has 2 heterocycles. The Morgan fingerprint density at radius 1 is 1.21 bits per heavy atom. The third kappa shape index (κ3) is 4.34. The van der Waals surface area contributed by atoms with Gasteiger partial charge in [-0.2, -0.15) is 0 Å². The first-order chi connectivity index (χ1) is 11.6. The van der Waals surface area contributed by atoms with Crippen molar-refractivity contribution in [3.05, 3.63) is 30.3 Å². The van der Waals surface area contributed by atoms with Gasteiger partial charge in [0, 0.05) is 31.9 Å². The van der Waals surface area contributed by atoms with E-state index in [-0.39, 0.29) is 17.4 Å². The highest BCUT2D eigenvalue weighted by Gasteiger charge is 2.35. The van der Waals surface area contributed by atoms with Gasteiger partial charge in [-0.1, -0.05) is 18.2 Å². The number of para-hydroxylation sites is 1. The van der Waals surface area contributed by atoms with Crippen LogP contribution in [-0.2, 0) is 19.4 Å². The van der Waals surface area contributed by atoms with Gasteiger partial charge in [0.2, 0.25) is 5.91 Å². The molecule has 2 aliphatic rings. The summed E-state index contributed by atoms with van der Waals surface area (Å²) < 4.78 is 28.8. The molecular formula is C17H24N2O4S. The molecule has 1 aromatic carbocycles. The van der Waals surface area contributed by atoms with Crippen LogP contribution in [-0.4, -0.2) is 70.1 Å². The summed E-state index contributed by atoms with van der Waals surface area (Å²) in [5.41, 5.74) is 0.833. The van der Waals surface area contributed by atoms with Gasteiger partial charge in [-0.15, -0.1) is 0 Å². The van der Waals surface area contributed by atoms with Crippen molar-refractivity contribution in [2.75, 3.05) is 55.8 Å². The van der Waals surface area contributed by atoms with Gasteiger partial charge in [-0.25, -0.2) is 8.42 Å². The first-order valence-corrected chi connectivity index (χ1v) is 10.2. The Morgan fingerprint density at radius 2 is 1.92 bits per heavy atom. The second-order valence-electron chi connectivity index (χ2n) is 6.38. The standard InChI is InChI=1S/C17H24N2O4S/c20-17(15-6-13-24(21,22)14-15)19(16-4-2-1-3-5-16)8-7-18-9-11-23-12-10-18/h1-5,15H,6-14H2. The molecule has 0 radical (unpaired) electrons. The summed E-state index contributed by atoms with van der Waals surface area (Å²) in [7, 11) is -3.07. The molecule has 1 unspecified atom stereocenters. The van der Waals surface area contributed by atoms with Crippen LogP contribution in [0.4, 0.5) is 5.69 Å². The molecule has 6 nitrogen and oxygen atoms in total. The van der Waals surface area contributed by atoms with E-state index in [9.17, 15) is 13.2 Å². The molecule has 0 aliphatic carbocycles. The van der Waals surface area contributed by atoms with Crippen LogP contribution in [0.3, 0.4) is 0 Å². The molecule has 2 aliphatic heterocycles. The third-order valence-corrected chi connectivity index (χ3v) is 6.43. The van der Waals surface area contributed by atoms with Crippen molar-refractivity contribution in [3.8, 4) is 0 Å². The normalized spacial score (nSPS) is 23.9. The minimum absolute atomic E-state index is 0.0211. The van der Waals surface area contributed by atoms with Crippen molar-refractivity contribution < 1.29 is 17.9 Å². The number of ether oxygens (including phenoxy) is 1. The van der Waals surface area contributed by atoms with E-state index in [1.807, 2.05) is 30.3 Å². The zero-order chi connectivity index (χ0) is 17.0. The van der Waals surface area contributed by atoms with Crippen LogP contribution in [0.1, 0.15) is 6.42 Å². The number of carbonyl (C=O) groups is 1. The number of carbonyl (C=O) groups excluding carboxylic acids is 1. The smallest absolute Gasteiger partial charge is 0.231 e. The molecule has 0 N–H and O–H groups in total. The highest BCUT2D eigenvalue weighted by atomic mass is 32.2. The quantitative estimate of drug-likeness (QED) is 0.784. The molecule has 2 fully saturated rings. The van der Waals surface area contributed by atoms with Crippen LogP contribution in [0.5, 0.6) is 0 Å². The molecule has 1 atom stereocenters. The molecule has 1 amide bonds. The Kier molecular flexibility index (Phi) is 5.53. The summed E-state index contributed by atoms with van der Waals surface area (Å²) in [5.74, 6) is -0.391. The minimum Gasteiger partial charge on any atom is -0.379 e. The van der Waals surface area contributed by atoms with Gasteiger partial charge < -0.3 is 9.64 Å². The number of rotatable bonds is 5. The van der Waals surface area contributed by atoms with E-state index >= 15 is 0 Å². The van der Waals surface area contributed by atoms with Crippen molar-refractivity contribution in [3.63, 3.8) is 0 Å².